The van der Waals surface area contributed by atoms with Crippen LogP contribution < -0.4 is 15.4 Å². The molecule has 1 heterocycles. The largest absolute Gasteiger partial charge is 0.486 e. The maximum absolute atomic E-state index is 12.2. The summed E-state index contributed by atoms with van der Waals surface area (Å²) in [6.07, 6.45) is 5.31. The molecule has 1 aromatic rings. The second-order valence-electron chi connectivity index (χ2n) is 7.08. The summed E-state index contributed by atoms with van der Waals surface area (Å²) in [6, 6.07) is 7.36. The lowest BCUT2D eigenvalue weighted by Gasteiger charge is -2.31. The van der Waals surface area contributed by atoms with E-state index in [1.807, 2.05) is 24.3 Å². The van der Waals surface area contributed by atoms with Crippen molar-refractivity contribution in [3.63, 3.8) is 0 Å². The number of amides is 1. The highest BCUT2D eigenvalue weighted by atomic mass is 16.5. The van der Waals surface area contributed by atoms with Crippen molar-refractivity contribution in [1.29, 1.82) is 0 Å². The third-order valence-corrected chi connectivity index (χ3v) is 5.45. The van der Waals surface area contributed by atoms with Gasteiger partial charge >= 0.3 is 0 Å². The number of carbonyl (C=O) groups is 1. The summed E-state index contributed by atoms with van der Waals surface area (Å²) in [5, 5.41) is 17.0. The van der Waals surface area contributed by atoms with Gasteiger partial charge < -0.3 is 20.5 Å². The molecule has 5 heteroatoms. The minimum absolute atomic E-state index is 0.0668. The van der Waals surface area contributed by atoms with Gasteiger partial charge in [-0.3, -0.25) is 4.79 Å². The summed E-state index contributed by atoms with van der Waals surface area (Å²) in [6.45, 7) is 0. The van der Waals surface area contributed by atoms with Gasteiger partial charge in [0.2, 0.25) is 5.91 Å². The molecule has 2 saturated carbocycles. The molecular weight excluding hydrogens is 292 g/mol. The molecule has 0 radical (unpaired) electrons. The number of fused-ring (bicyclic) bond motifs is 2. The third kappa shape index (κ3) is 2.90. The van der Waals surface area contributed by atoms with Gasteiger partial charge in [0.25, 0.3) is 0 Å². The predicted octanol–water partition coefficient (Wildman–Crippen LogP) is 2.06. The van der Waals surface area contributed by atoms with Gasteiger partial charge in [0.05, 0.1) is 23.9 Å². The molecule has 4 rings (SSSR count). The lowest BCUT2D eigenvalue weighted by atomic mass is 10.0. The molecule has 0 unspecified atom stereocenters. The molecular formula is C18H24N2O3. The molecule has 1 aromatic carbocycles. The fourth-order valence-corrected chi connectivity index (χ4v) is 4.22. The van der Waals surface area contributed by atoms with E-state index in [4.69, 9.17) is 4.74 Å². The van der Waals surface area contributed by atoms with E-state index >= 15 is 0 Å². The van der Waals surface area contributed by atoms with Crippen LogP contribution in [-0.4, -0.2) is 35.3 Å². The summed E-state index contributed by atoms with van der Waals surface area (Å²) in [5.41, 5.74) is 0.908. The van der Waals surface area contributed by atoms with Gasteiger partial charge in [-0.2, -0.15) is 0 Å². The first-order valence-electron chi connectivity index (χ1n) is 8.70. The smallest absolute Gasteiger partial charge is 0.220 e. The average Bonchev–Trinajstić information content (AvgIpc) is 3.15. The fraction of sp³-hybridized carbons (Fsp3) is 0.611. The Balaban J connectivity index is 1.38. The quantitative estimate of drug-likeness (QED) is 0.798. The van der Waals surface area contributed by atoms with Gasteiger partial charge in [0, 0.05) is 12.8 Å². The standard InChI is InChI=1S/C18H24N2O3/c21-16(9-11-5-1-2-6-11)19-13-10-15-17(18(13)22)20-12-7-3-4-8-14(12)23-15/h3-4,7-8,11,13,15,17-18,20,22H,1-2,5-6,9-10H2,(H,19,21)/t13-,15-,17-,18-/m1/s1. The van der Waals surface area contributed by atoms with E-state index in [1.165, 1.54) is 12.8 Å². The highest BCUT2D eigenvalue weighted by molar-refractivity contribution is 5.76. The van der Waals surface area contributed by atoms with E-state index in [2.05, 4.69) is 10.6 Å². The first-order chi connectivity index (χ1) is 11.2. The van der Waals surface area contributed by atoms with Crippen LogP contribution in [0, 0.1) is 5.92 Å². The first kappa shape index (κ1) is 14.8. The summed E-state index contributed by atoms with van der Waals surface area (Å²) in [7, 11) is 0. The summed E-state index contributed by atoms with van der Waals surface area (Å²) >= 11 is 0. The van der Waals surface area contributed by atoms with E-state index in [1.54, 1.807) is 0 Å². The number of aliphatic hydroxyl groups is 1. The van der Waals surface area contributed by atoms with Crippen LogP contribution in [0.4, 0.5) is 5.69 Å². The minimum atomic E-state index is -0.624. The second-order valence-corrected chi connectivity index (χ2v) is 7.08. The molecule has 2 aliphatic carbocycles. The van der Waals surface area contributed by atoms with Crippen LogP contribution >= 0.6 is 0 Å². The molecule has 4 atom stereocenters. The first-order valence-corrected chi connectivity index (χ1v) is 8.70. The van der Waals surface area contributed by atoms with Crippen LogP contribution in [0.2, 0.25) is 0 Å². The van der Waals surface area contributed by atoms with Crippen LogP contribution in [0.5, 0.6) is 5.75 Å². The van der Waals surface area contributed by atoms with Crippen molar-refractivity contribution in [2.45, 2.75) is 62.8 Å². The van der Waals surface area contributed by atoms with Crippen molar-refractivity contribution in [2.24, 2.45) is 5.92 Å². The number of para-hydroxylation sites is 2. The number of rotatable bonds is 3. The van der Waals surface area contributed by atoms with E-state index in [0.29, 0.717) is 18.8 Å². The van der Waals surface area contributed by atoms with Gasteiger partial charge in [-0.05, 0) is 30.9 Å². The van der Waals surface area contributed by atoms with Crippen LogP contribution in [0.25, 0.3) is 0 Å². The molecule has 0 spiro atoms. The summed E-state index contributed by atoms with van der Waals surface area (Å²) in [4.78, 5) is 12.2. The highest BCUT2D eigenvalue weighted by Crippen LogP contribution is 2.37. The number of hydrogen-bond acceptors (Lipinski definition) is 4. The van der Waals surface area contributed by atoms with E-state index in [0.717, 1.165) is 24.3 Å². The molecule has 3 N–H and O–H groups in total. The number of benzene rings is 1. The monoisotopic (exact) mass is 316 g/mol. The number of anilines is 1. The molecule has 5 nitrogen and oxygen atoms in total. The predicted molar refractivity (Wildman–Crippen MR) is 87.4 cm³/mol. The van der Waals surface area contributed by atoms with Crippen molar-refractivity contribution < 1.29 is 14.6 Å². The molecule has 1 amide bonds. The molecule has 0 aromatic heterocycles. The van der Waals surface area contributed by atoms with Crippen LogP contribution in [-0.2, 0) is 4.79 Å². The number of nitrogens with one attached hydrogen (secondary N) is 2. The zero-order chi connectivity index (χ0) is 15.8. The van der Waals surface area contributed by atoms with Gasteiger partial charge in [0.1, 0.15) is 11.9 Å². The molecule has 0 saturated heterocycles. The third-order valence-electron chi connectivity index (χ3n) is 5.45. The minimum Gasteiger partial charge on any atom is -0.486 e. The van der Waals surface area contributed by atoms with E-state index < -0.39 is 6.10 Å². The number of hydrogen-bond donors (Lipinski definition) is 3. The Morgan fingerprint density at radius 3 is 2.91 bits per heavy atom. The molecule has 0 bridgehead atoms. The fourth-order valence-electron chi connectivity index (χ4n) is 4.22. The highest BCUT2D eigenvalue weighted by Gasteiger charge is 2.46. The Bertz CT molecular complexity index is 585. The summed E-state index contributed by atoms with van der Waals surface area (Å²) in [5.74, 6) is 1.41. The van der Waals surface area contributed by atoms with Crippen LogP contribution in [0.1, 0.15) is 38.5 Å². The van der Waals surface area contributed by atoms with Gasteiger partial charge in [-0.15, -0.1) is 0 Å². The van der Waals surface area contributed by atoms with Crippen LogP contribution in [0.15, 0.2) is 24.3 Å². The van der Waals surface area contributed by atoms with Crippen LogP contribution in [0.3, 0.4) is 0 Å². The number of ether oxygens (including phenoxy) is 1. The zero-order valence-corrected chi connectivity index (χ0v) is 13.2. The SMILES string of the molecule is O=C(CC1CCCC1)N[C@@H]1C[C@H]2Oc3ccccc3N[C@H]2[C@@H]1O. The molecule has 23 heavy (non-hydrogen) atoms. The average molecular weight is 316 g/mol. The lowest BCUT2D eigenvalue weighted by Crippen LogP contribution is -2.47. The number of carbonyl (C=O) groups excluding carboxylic acids is 1. The zero-order valence-electron chi connectivity index (χ0n) is 13.2. The molecule has 1 aliphatic heterocycles. The Labute approximate surface area is 136 Å². The van der Waals surface area contributed by atoms with Gasteiger partial charge in [-0.25, -0.2) is 0 Å². The maximum Gasteiger partial charge on any atom is 0.220 e. The maximum atomic E-state index is 12.2. The van der Waals surface area contributed by atoms with Crippen molar-refractivity contribution in [3.05, 3.63) is 24.3 Å². The van der Waals surface area contributed by atoms with Crippen molar-refractivity contribution in [1.82, 2.24) is 5.32 Å². The van der Waals surface area contributed by atoms with Crippen molar-refractivity contribution in [2.75, 3.05) is 5.32 Å². The van der Waals surface area contributed by atoms with Crippen molar-refractivity contribution >= 4 is 11.6 Å². The number of aliphatic hydroxyl groups excluding tert-OH is 1. The normalized spacial score (nSPS) is 32.6. The second kappa shape index (κ2) is 6.04. The topological polar surface area (TPSA) is 70.6 Å². The molecule has 3 aliphatic rings. The van der Waals surface area contributed by atoms with E-state index in [-0.39, 0.29) is 24.1 Å². The summed E-state index contributed by atoms with van der Waals surface area (Å²) < 4.78 is 6.00. The Morgan fingerprint density at radius 1 is 1.30 bits per heavy atom. The Morgan fingerprint density at radius 2 is 2.09 bits per heavy atom. The Kier molecular flexibility index (Phi) is 3.89. The molecule has 124 valence electrons. The van der Waals surface area contributed by atoms with Crippen molar-refractivity contribution in [3.8, 4) is 5.75 Å². The van der Waals surface area contributed by atoms with E-state index in [9.17, 15) is 9.90 Å². The van der Waals surface area contributed by atoms with Gasteiger partial charge in [0.15, 0.2) is 0 Å². The van der Waals surface area contributed by atoms with Gasteiger partial charge in [-0.1, -0.05) is 25.0 Å². The lowest BCUT2D eigenvalue weighted by molar-refractivity contribution is -0.123. The Hall–Kier alpha value is -1.75. The molecule has 2 fully saturated rings.